The third kappa shape index (κ3) is 4.54. The SMILES string of the molecule is CCOC(=O)c1c(C)oc(NC(=O)C[NH+](C)Cc2ccc3c(c2)OCO3)c1C(N)=O. The number of furan rings is 1. The quantitative estimate of drug-likeness (QED) is 0.523. The molecule has 4 N–H and O–H groups in total. The molecule has 1 unspecified atom stereocenters. The Labute approximate surface area is 172 Å². The lowest BCUT2D eigenvalue weighted by Gasteiger charge is -2.14. The Bertz CT molecular complexity index is 983. The fraction of sp³-hybridized carbons (Fsp3) is 0.350. The van der Waals surface area contributed by atoms with Crippen molar-refractivity contribution in [2.24, 2.45) is 5.73 Å². The number of carbonyl (C=O) groups is 3. The highest BCUT2D eigenvalue weighted by atomic mass is 16.7. The molecule has 1 aromatic heterocycles. The molecule has 0 spiro atoms. The molecule has 1 aliphatic heterocycles. The molecule has 160 valence electrons. The van der Waals surface area contributed by atoms with E-state index >= 15 is 0 Å². The number of benzene rings is 1. The number of hydrogen-bond acceptors (Lipinski definition) is 7. The van der Waals surface area contributed by atoms with Crippen LogP contribution in [0.4, 0.5) is 5.88 Å². The van der Waals surface area contributed by atoms with Gasteiger partial charge in [-0.15, -0.1) is 0 Å². The predicted molar refractivity (Wildman–Crippen MR) is 105 cm³/mol. The molecule has 0 bridgehead atoms. The predicted octanol–water partition coefficient (Wildman–Crippen LogP) is 0.246. The van der Waals surface area contributed by atoms with Crippen molar-refractivity contribution in [1.82, 2.24) is 0 Å². The number of primary amides is 1. The maximum atomic E-state index is 12.5. The van der Waals surface area contributed by atoms with Crippen LogP contribution in [0.2, 0.25) is 0 Å². The number of anilines is 1. The maximum absolute atomic E-state index is 12.5. The number of hydrogen-bond donors (Lipinski definition) is 3. The third-order valence-corrected chi connectivity index (χ3v) is 4.47. The molecule has 2 aromatic rings. The largest absolute Gasteiger partial charge is 0.462 e. The zero-order valence-electron chi connectivity index (χ0n) is 17.0. The zero-order valence-corrected chi connectivity index (χ0v) is 17.0. The highest BCUT2D eigenvalue weighted by Crippen LogP contribution is 2.32. The van der Waals surface area contributed by atoms with E-state index in [1.165, 1.54) is 6.92 Å². The van der Waals surface area contributed by atoms with Crippen molar-refractivity contribution in [3.05, 3.63) is 40.6 Å². The van der Waals surface area contributed by atoms with Gasteiger partial charge in [-0.3, -0.25) is 14.9 Å². The van der Waals surface area contributed by atoms with Crippen molar-refractivity contribution in [2.75, 3.05) is 32.3 Å². The number of esters is 1. The van der Waals surface area contributed by atoms with E-state index in [1.54, 1.807) is 6.92 Å². The number of fused-ring (bicyclic) bond motifs is 1. The Balaban J connectivity index is 1.67. The lowest BCUT2D eigenvalue weighted by molar-refractivity contribution is -0.885. The number of nitrogens with two attached hydrogens (primary N) is 1. The van der Waals surface area contributed by atoms with Gasteiger partial charge in [-0.05, 0) is 32.0 Å². The van der Waals surface area contributed by atoms with Crippen LogP contribution in [0.3, 0.4) is 0 Å². The molecule has 1 aromatic carbocycles. The van der Waals surface area contributed by atoms with E-state index in [0.717, 1.165) is 10.5 Å². The van der Waals surface area contributed by atoms with Gasteiger partial charge >= 0.3 is 5.97 Å². The normalized spacial score (nSPS) is 13.0. The topological polar surface area (TPSA) is 135 Å². The lowest BCUT2D eigenvalue weighted by Crippen LogP contribution is -3.08. The fourth-order valence-corrected chi connectivity index (χ4v) is 3.22. The molecular weight excluding hydrogens is 394 g/mol. The molecule has 0 radical (unpaired) electrons. The molecular formula is C20H24N3O7+. The highest BCUT2D eigenvalue weighted by Gasteiger charge is 2.29. The van der Waals surface area contributed by atoms with Crippen LogP contribution in [0.1, 0.15) is 39.0 Å². The van der Waals surface area contributed by atoms with Crippen LogP contribution in [0.15, 0.2) is 22.6 Å². The molecule has 1 aliphatic rings. The molecule has 0 saturated carbocycles. The van der Waals surface area contributed by atoms with Gasteiger partial charge in [0.1, 0.15) is 23.4 Å². The van der Waals surface area contributed by atoms with Gasteiger partial charge in [0.05, 0.1) is 13.7 Å². The number of quaternary nitrogens is 1. The van der Waals surface area contributed by atoms with Crippen molar-refractivity contribution in [3.63, 3.8) is 0 Å². The van der Waals surface area contributed by atoms with Gasteiger partial charge in [0.25, 0.3) is 11.8 Å². The molecule has 10 heteroatoms. The summed E-state index contributed by atoms with van der Waals surface area (Å²) < 4.78 is 21.0. The molecule has 0 aliphatic carbocycles. The Kier molecular flexibility index (Phi) is 6.26. The summed E-state index contributed by atoms with van der Waals surface area (Å²) in [7, 11) is 1.84. The maximum Gasteiger partial charge on any atom is 0.342 e. The summed E-state index contributed by atoms with van der Waals surface area (Å²) in [4.78, 5) is 37.4. The summed E-state index contributed by atoms with van der Waals surface area (Å²) in [6.07, 6.45) is 0. The average Bonchev–Trinajstić information content (AvgIpc) is 3.25. The van der Waals surface area contributed by atoms with Gasteiger partial charge in [-0.25, -0.2) is 4.79 Å². The molecule has 2 amide bonds. The van der Waals surface area contributed by atoms with E-state index in [-0.39, 0.29) is 42.7 Å². The second-order valence-electron chi connectivity index (χ2n) is 6.87. The Hall–Kier alpha value is -3.53. The van der Waals surface area contributed by atoms with Gasteiger partial charge in [-0.1, -0.05) is 0 Å². The second kappa shape index (κ2) is 8.87. The minimum atomic E-state index is -0.897. The van der Waals surface area contributed by atoms with Crippen LogP contribution in [0.5, 0.6) is 11.5 Å². The van der Waals surface area contributed by atoms with E-state index in [0.29, 0.717) is 18.0 Å². The third-order valence-electron chi connectivity index (χ3n) is 4.47. The molecule has 3 rings (SSSR count). The number of carbonyl (C=O) groups excluding carboxylic acids is 3. The van der Waals surface area contributed by atoms with Gasteiger partial charge < -0.3 is 29.3 Å². The first-order valence-corrected chi connectivity index (χ1v) is 9.40. The first-order valence-electron chi connectivity index (χ1n) is 9.40. The van der Waals surface area contributed by atoms with Crippen LogP contribution in [0.25, 0.3) is 0 Å². The van der Waals surface area contributed by atoms with Crippen molar-refractivity contribution in [3.8, 4) is 11.5 Å². The summed E-state index contributed by atoms with van der Waals surface area (Å²) >= 11 is 0. The van der Waals surface area contributed by atoms with Crippen LogP contribution in [0, 0.1) is 6.92 Å². The zero-order chi connectivity index (χ0) is 21.8. The van der Waals surface area contributed by atoms with Gasteiger partial charge in [0.15, 0.2) is 18.0 Å². The number of nitrogens with one attached hydrogen (secondary N) is 2. The second-order valence-corrected chi connectivity index (χ2v) is 6.87. The fourth-order valence-electron chi connectivity index (χ4n) is 3.22. The summed E-state index contributed by atoms with van der Waals surface area (Å²) in [6, 6.07) is 5.60. The van der Waals surface area contributed by atoms with Crippen molar-refractivity contribution >= 4 is 23.7 Å². The summed E-state index contributed by atoms with van der Waals surface area (Å²) in [5, 5.41) is 2.53. The van der Waals surface area contributed by atoms with Crippen LogP contribution < -0.4 is 25.4 Å². The minimum Gasteiger partial charge on any atom is -0.462 e. The Morgan fingerprint density at radius 2 is 1.93 bits per heavy atom. The molecule has 30 heavy (non-hydrogen) atoms. The van der Waals surface area contributed by atoms with E-state index in [1.807, 2.05) is 25.2 Å². The number of aryl methyl sites for hydroxylation is 1. The number of amides is 2. The monoisotopic (exact) mass is 418 g/mol. The van der Waals surface area contributed by atoms with Crippen molar-refractivity contribution < 1.29 is 37.9 Å². The van der Waals surface area contributed by atoms with E-state index in [9.17, 15) is 14.4 Å². The smallest absolute Gasteiger partial charge is 0.342 e. The van der Waals surface area contributed by atoms with Crippen LogP contribution in [-0.2, 0) is 16.1 Å². The first-order chi connectivity index (χ1) is 14.3. The van der Waals surface area contributed by atoms with E-state index < -0.39 is 17.8 Å². The van der Waals surface area contributed by atoms with Crippen molar-refractivity contribution in [1.29, 1.82) is 0 Å². The average molecular weight is 418 g/mol. The Morgan fingerprint density at radius 1 is 1.20 bits per heavy atom. The number of rotatable bonds is 8. The number of likely N-dealkylation sites (N-methyl/N-ethyl adjacent to an activating group) is 1. The van der Waals surface area contributed by atoms with Gasteiger partial charge in [0, 0.05) is 5.56 Å². The van der Waals surface area contributed by atoms with Crippen LogP contribution in [-0.4, -0.2) is 44.8 Å². The van der Waals surface area contributed by atoms with Crippen LogP contribution >= 0.6 is 0 Å². The number of ether oxygens (including phenoxy) is 3. The summed E-state index contributed by atoms with van der Waals surface area (Å²) in [5.41, 5.74) is 6.09. The van der Waals surface area contributed by atoms with E-state index in [2.05, 4.69) is 5.32 Å². The summed E-state index contributed by atoms with van der Waals surface area (Å²) in [6.45, 7) is 4.09. The van der Waals surface area contributed by atoms with Gasteiger partial charge in [0.2, 0.25) is 12.7 Å². The molecule has 2 heterocycles. The Morgan fingerprint density at radius 3 is 2.63 bits per heavy atom. The first kappa shape index (κ1) is 21.2. The molecule has 0 saturated heterocycles. The standard InChI is InChI=1S/C20H23N3O7/c1-4-27-20(26)16-11(2)30-19(17(16)18(21)25)22-15(24)9-23(3)8-12-5-6-13-14(7-12)29-10-28-13/h5-7H,4,8-10H2,1-3H3,(H2,21,25)(H,22,24)/p+1. The summed E-state index contributed by atoms with van der Waals surface area (Å²) in [5.74, 6) is -0.695. The lowest BCUT2D eigenvalue weighted by atomic mass is 10.1. The molecule has 1 atom stereocenters. The molecule has 0 fully saturated rings. The van der Waals surface area contributed by atoms with E-state index in [4.69, 9.17) is 24.4 Å². The van der Waals surface area contributed by atoms with Gasteiger partial charge in [-0.2, -0.15) is 0 Å². The minimum absolute atomic E-state index is 0.0827. The highest BCUT2D eigenvalue weighted by molar-refractivity contribution is 6.10. The molecule has 10 nitrogen and oxygen atoms in total. The van der Waals surface area contributed by atoms with Crippen molar-refractivity contribution in [2.45, 2.75) is 20.4 Å².